The molecule has 0 N–H and O–H groups in total. The quantitative estimate of drug-likeness (QED) is 0.807. The Bertz CT molecular complexity index is 728. The Morgan fingerprint density at radius 2 is 1.87 bits per heavy atom. The zero-order valence-corrected chi connectivity index (χ0v) is 12.1. The van der Waals surface area contributed by atoms with Crippen molar-refractivity contribution in [3.05, 3.63) is 65.2 Å². The van der Waals surface area contributed by atoms with Crippen LogP contribution in [0.3, 0.4) is 0 Å². The minimum atomic E-state index is -4.73. The second kappa shape index (κ2) is 5.38. The van der Waals surface area contributed by atoms with Crippen molar-refractivity contribution in [1.82, 2.24) is 0 Å². The summed E-state index contributed by atoms with van der Waals surface area (Å²) < 4.78 is 52.3. The monoisotopic (exact) mass is 322 g/mol. The highest BCUT2D eigenvalue weighted by atomic mass is 19.4. The molecule has 0 radical (unpaired) electrons. The predicted octanol–water partition coefficient (Wildman–Crippen LogP) is 3.77. The molecule has 0 bridgehead atoms. The van der Waals surface area contributed by atoms with E-state index in [0.717, 1.165) is 0 Å². The molecule has 23 heavy (non-hydrogen) atoms. The summed E-state index contributed by atoms with van der Waals surface area (Å²) in [6.07, 6.45) is -5.66. The highest BCUT2D eigenvalue weighted by Crippen LogP contribution is 2.56. The van der Waals surface area contributed by atoms with Gasteiger partial charge < -0.3 is 14.3 Å². The number of methoxy groups -OCH3 is 1. The van der Waals surface area contributed by atoms with Gasteiger partial charge in [-0.15, -0.1) is 0 Å². The number of ether oxygens (including phenoxy) is 2. The second-order valence-electron chi connectivity index (χ2n) is 5.17. The van der Waals surface area contributed by atoms with Gasteiger partial charge in [-0.1, -0.05) is 36.4 Å². The molecule has 2 aromatic rings. The molecule has 0 saturated heterocycles. The fourth-order valence-electron chi connectivity index (χ4n) is 2.92. The maximum atomic E-state index is 14.0. The fraction of sp³-hybridized carbons (Fsp3) is 0.235. The van der Waals surface area contributed by atoms with Crippen LogP contribution in [0.15, 0.2) is 48.5 Å². The molecule has 120 valence electrons. The summed E-state index contributed by atoms with van der Waals surface area (Å²) in [5, 5.41) is 0. The van der Waals surface area contributed by atoms with Gasteiger partial charge in [-0.2, -0.15) is 13.2 Å². The Morgan fingerprint density at radius 3 is 2.43 bits per heavy atom. The molecule has 0 spiro atoms. The molecule has 0 saturated carbocycles. The third-order valence-corrected chi connectivity index (χ3v) is 3.95. The van der Waals surface area contributed by atoms with Crippen molar-refractivity contribution < 1.29 is 27.4 Å². The zero-order chi connectivity index (χ0) is 16.7. The second-order valence-corrected chi connectivity index (χ2v) is 5.17. The lowest BCUT2D eigenvalue weighted by Crippen LogP contribution is -2.43. The van der Waals surface area contributed by atoms with E-state index in [1.165, 1.54) is 49.6 Å². The molecule has 0 fully saturated rings. The molecule has 6 heteroatoms. The van der Waals surface area contributed by atoms with Crippen molar-refractivity contribution in [1.29, 1.82) is 0 Å². The Kier molecular flexibility index (Phi) is 3.64. The highest BCUT2D eigenvalue weighted by Gasteiger charge is 2.63. The summed E-state index contributed by atoms with van der Waals surface area (Å²) in [5.41, 5.74) is -2.65. The van der Waals surface area contributed by atoms with Crippen LogP contribution in [-0.4, -0.2) is 19.6 Å². The fourth-order valence-corrected chi connectivity index (χ4v) is 2.92. The maximum Gasteiger partial charge on any atom is 0.426 e. The van der Waals surface area contributed by atoms with Gasteiger partial charge in [0.1, 0.15) is 11.9 Å². The number of alkyl halides is 3. The van der Waals surface area contributed by atoms with E-state index in [4.69, 9.17) is 9.47 Å². The van der Waals surface area contributed by atoms with E-state index in [0.29, 0.717) is 12.0 Å². The van der Waals surface area contributed by atoms with Crippen LogP contribution < -0.4 is 4.74 Å². The third kappa shape index (κ3) is 2.21. The van der Waals surface area contributed by atoms with E-state index >= 15 is 0 Å². The van der Waals surface area contributed by atoms with Gasteiger partial charge in [0, 0.05) is 5.56 Å². The molecule has 1 heterocycles. The number of fused-ring (bicyclic) bond motifs is 1. The summed E-state index contributed by atoms with van der Waals surface area (Å²) in [6.45, 7) is 0. The molecule has 2 unspecified atom stereocenters. The third-order valence-electron chi connectivity index (χ3n) is 3.95. The molecule has 0 aromatic heterocycles. The van der Waals surface area contributed by atoms with Gasteiger partial charge in [0.25, 0.3) is 0 Å². The Morgan fingerprint density at radius 1 is 1.17 bits per heavy atom. The summed E-state index contributed by atoms with van der Waals surface area (Å²) in [7, 11) is 1.40. The molecule has 2 atom stereocenters. The van der Waals surface area contributed by atoms with E-state index in [1.807, 2.05) is 0 Å². The van der Waals surface area contributed by atoms with Gasteiger partial charge in [-0.05, 0) is 23.3 Å². The molecule has 0 aliphatic carbocycles. The molecule has 2 aromatic carbocycles. The van der Waals surface area contributed by atoms with Gasteiger partial charge in [0.15, 0.2) is 6.29 Å². The standard InChI is InChI=1S/C17H13F3O3/c1-22-12-7-8-14-13(9-12)15(10-21)23-16(14,17(18,19)20)11-5-3-2-4-6-11/h2-10,15H,1H3. The number of carbonyl (C=O) groups excluding carboxylic acids is 1. The molecule has 3 nitrogen and oxygen atoms in total. The van der Waals surface area contributed by atoms with Crippen LogP contribution >= 0.6 is 0 Å². The summed E-state index contributed by atoms with van der Waals surface area (Å²) in [4.78, 5) is 11.3. The molecular weight excluding hydrogens is 309 g/mol. The lowest BCUT2D eigenvalue weighted by Gasteiger charge is -2.32. The Hall–Kier alpha value is -2.34. The average molecular weight is 322 g/mol. The molecule has 0 amide bonds. The van der Waals surface area contributed by atoms with Crippen molar-refractivity contribution in [3.63, 3.8) is 0 Å². The predicted molar refractivity (Wildman–Crippen MR) is 76.2 cm³/mol. The van der Waals surface area contributed by atoms with Crippen LogP contribution in [-0.2, 0) is 15.1 Å². The zero-order valence-electron chi connectivity index (χ0n) is 12.1. The lowest BCUT2D eigenvalue weighted by atomic mass is 9.84. The first-order valence-corrected chi connectivity index (χ1v) is 6.88. The first kappa shape index (κ1) is 15.6. The topological polar surface area (TPSA) is 35.5 Å². The van der Waals surface area contributed by atoms with Crippen LogP contribution in [0.4, 0.5) is 13.2 Å². The Labute approximate surface area is 130 Å². The van der Waals surface area contributed by atoms with Gasteiger partial charge in [0.2, 0.25) is 5.60 Å². The number of hydrogen-bond donors (Lipinski definition) is 0. The minimum absolute atomic E-state index is 0.0664. The largest absolute Gasteiger partial charge is 0.497 e. The van der Waals surface area contributed by atoms with Crippen LogP contribution in [0.2, 0.25) is 0 Å². The first-order chi connectivity index (χ1) is 10.9. The van der Waals surface area contributed by atoms with E-state index in [9.17, 15) is 18.0 Å². The van der Waals surface area contributed by atoms with E-state index in [-0.39, 0.29) is 16.7 Å². The molecule has 1 aliphatic heterocycles. The SMILES string of the molecule is COc1ccc2c(c1)C(C=O)OC2(c1ccccc1)C(F)(F)F. The van der Waals surface area contributed by atoms with Gasteiger partial charge >= 0.3 is 6.18 Å². The molecule has 3 rings (SSSR count). The van der Waals surface area contributed by atoms with Crippen molar-refractivity contribution in [2.75, 3.05) is 7.11 Å². The lowest BCUT2D eigenvalue weighted by molar-refractivity contribution is -0.267. The maximum absolute atomic E-state index is 14.0. The van der Waals surface area contributed by atoms with Crippen molar-refractivity contribution >= 4 is 6.29 Å². The van der Waals surface area contributed by atoms with Crippen LogP contribution in [0.1, 0.15) is 22.8 Å². The average Bonchev–Trinajstić information content (AvgIpc) is 2.90. The van der Waals surface area contributed by atoms with Gasteiger partial charge in [0.05, 0.1) is 7.11 Å². The molecular formula is C17H13F3O3. The Balaban J connectivity index is 2.30. The number of rotatable bonds is 3. The highest BCUT2D eigenvalue weighted by molar-refractivity contribution is 5.66. The van der Waals surface area contributed by atoms with Crippen molar-refractivity contribution in [2.24, 2.45) is 0 Å². The van der Waals surface area contributed by atoms with Crippen molar-refractivity contribution in [3.8, 4) is 5.75 Å². The number of benzene rings is 2. The van der Waals surface area contributed by atoms with E-state index in [1.54, 1.807) is 6.07 Å². The van der Waals surface area contributed by atoms with Gasteiger partial charge in [-0.25, -0.2) is 0 Å². The van der Waals surface area contributed by atoms with Crippen LogP contribution in [0, 0.1) is 0 Å². The normalized spacial score (nSPS) is 23.4. The van der Waals surface area contributed by atoms with Gasteiger partial charge in [-0.3, -0.25) is 0 Å². The summed E-state index contributed by atoms with van der Waals surface area (Å²) in [5.74, 6) is 0.366. The van der Waals surface area contributed by atoms with Crippen LogP contribution in [0.5, 0.6) is 5.75 Å². The number of carbonyl (C=O) groups is 1. The number of aldehydes is 1. The smallest absolute Gasteiger partial charge is 0.426 e. The minimum Gasteiger partial charge on any atom is -0.497 e. The molecule has 1 aliphatic rings. The van der Waals surface area contributed by atoms with E-state index < -0.39 is 17.9 Å². The van der Waals surface area contributed by atoms with Crippen molar-refractivity contribution in [2.45, 2.75) is 17.9 Å². The number of halogens is 3. The summed E-state index contributed by atoms with van der Waals surface area (Å²) >= 11 is 0. The van der Waals surface area contributed by atoms with E-state index in [2.05, 4.69) is 0 Å². The summed E-state index contributed by atoms with van der Waals surface area (Å²) in [6, 6.07) is 11.5. The van der Waals surface area contributed by atoms with Crippen LogP contribution in [0.25, 0.3) is 0 Å². The first-order valence-electron chi connectivity index (χ1n) is 6.88. The number of hydrogen-bond acceptors (Lipinski definition) is 3.